The Morgan fingerprint density at radius 2 is 2.11 bits per heavy atom. The molecule has 0 spiro atoms. The zero-order valence-electron chi connectivity index (χ0n) is 10.6. The molecule has 0 aliphatic heterocycles. The zero-order valence-corrected chi connectivity index (χ0v) is 11.3. The number of aryl methyl sites for hydroxylation is 1. The highest BCUT2D eigenvalue weighted by molar-refractivity contribution is 6.29. The fraction of sp³-hybridized carbons (Fsp3) is 0.143. The van der Waals surface area contributed by atoms with Crippen molar-refractivity contribution >= 4 is 17.2 Å². The monoisotopic (exact) mass is 273 g/mol. The molecule has 0 atom stereocenters. The van der Waals surface area contributed by atoms with Crippen LogP contribution in [0.25, 0.3) is 16.9 Å². The van der Waals surface area contributed by atoms with Crippen molar-refractivity contribution < 1.29 is 4.74 Å². The number of methoxy groups -OCH3 is 1. The molecule has 0 saturated heterocycles. The summed E-state index contributed by atoms with van der Waals surface area (Å²) in [5, 5.41) is 0.473. The molecule has 96 valence electrons. The highest BCUT2D eigenvalue weighted by Crippen LogP contribution is 2.27. The van der Waals surface area contributed by atoms with Crippen molar-refractivity contribution in [2.45, 2.75) is 6.92 Å². The van der Waals surface area contributed by atoms with Crippen molar-refractivity contribution in [1.29, 1.82) is 0 Å². The number of rotatable bonds is 2. The van der Waals surface area contributed by atoms with Gasteiger partial charge in [-0.2, -0.15) is 0 Å². The summed E-state index contributed by atoms with van der Waals surface area (Å²) < 4.78 is 7.23. The summed E-state index contributed by atoms with van der Waals surface area (Å²) >= 11 is 5.95. The Morgan fingerprint density at radius 1 is 1.26 bits per heavy atom. The molecule has 0 unspecified atom stereocenters. The van der Waals surface area contributed by atoms with Gasteiger partial charge in [-0.25, -0.2) is 9.97 Å². The number of nitrogens with zero attached hydrogens (tertiary/aromatic N) is 3. The lowest BCUT2D eigenvalue weighted by atomic mass is 10.1. The first-order valence-corrected chi connectivity index (χ1v) is 6.21. The number of ether oxygens (including phenoxy) is 1. The van der Waals surface area contributed by atoms with Gasteiger partial charge in [-0.05, 0) is 25.1 Å². The van der Waals surface area contributed by atoms with Crippen LogP contribution in [-0.4, -0.2) is 21.5 Å². The first-order chi connectivity index (χ1) is 9.19. The highest BCUT2D eigenvalue weighted by atomic mass is 35.5. The van der Waals surface area contributed by atoms with Crippen LogP contribution in [0.1, 0.15) is 5.69 Å². The van der Waals surface area contributed by atoms with Gasteiger partial charge in [0.15, 0.2) is 0 Å². The quantitative estimate of drug-likeness (QED) is 0.672. The molecule has 0 aromatic carbocycles. The molecule has 4 nitrogen and oxygen atoms in total. The van der Waals surface area contributed by atoms with E-state index in [1.807, 2.05) is 41.8 Å². The summed E-state index contributed by atoms with van der Waals surface area (Å²) in [6, 6.07) is 7.56. The number of pyridine rings is 2. The van der Waals surface area contributed by atoms with E-state index in [1.165, 1.54) is 0 Å². The van der Waals surface area contributed by atoms with Crippen LogP contribution in [0, 0.1) is 6.92 Å². The fourth-order valence-electron chi connectivity index (χ4n) is 2.17. The topological polar surface area (TPSA) is 39.4 Å². The van der Waals surface area contributed by atoms with Crippen molar-refractivity contribution in [3.63, 3.8) is 0 Å². The van der Waals surface area contributed by atoms with E-state index < -0.39 is 0 Å². The first-order valence-electron chi connectivity index (χ1n) is 5.83. The number of aromatic nitrogens is 3. The van der Waals surface area contributed by atoms with E-state index in [0.717, 1.165) is 28.3 Å². The van der Waals surface area contributed by atoms with Crippen molar-refractivity contribution in [2.24, 2.45) is 0 Å². The van der Waals surface area contributed by atoms with Crippen molar-refractivity contribution in [2.75, 3.05) is 7.11 Å². The lowest BCUT2D eigenvalue weighted by Gasteiger charge is -2.04. The number of halogens is 1. The van der Waals surface area contributed by atoms with Crippen LogP contribution in [0.5, 0.6) is 5.75 Å². The average Bonchev–Trinajstić information content (AvgIpc) is 2.73. The van der Waals surface area contributed by atoms with Gasteiger partial charge in [0, 0.05) is 24.0 Å². The van der Waals surface area contributed by atoms with Gasteiger partial charge in [-0.15, -0.1) is 0 Å². The highest BCUT2D eigenvalue weighted by Gasteiger charge is 2.11. The summed E-state index contributed by atoms with van der Waals surface area (Å²) in [6.07, 6.45) is 3.64. The number of hydrogen-bond acceptors (Lipinski definition) is 3. The third kappa shape index (κ3) is 2.04. The van der Waals surface area contributed by atoms with Gasteiger partial charge in [0.2, 0.25) is 0 Å². The lowest BCUT2D eigenvalue weighted by Crippen LogP contribution is -1.91. The zero-order chi connectivity index (χ0) is 13.4. The second-order valence-electron chi connectivity index (χ2n) is 4.21. The predicted octanol–water partition coefficient (Wildman–Crippen LogP) is 3.37. The minimum atomic E-state index is 0.473. The molecule has 19 heavy (non-hydrogen) atoms. The van der Waals surface area contributed by atoms with Gasteiger partial charge in [0.25, 0.3) is 0 Å². The van der Waals surface area contributed by atoms with E-state index in [1.54, 1.807) is 13.3 Å². The van der Waals surface area contributed by atoms with Crippen LogP contribution in [0.3, 0.4) is 0 Å². The van der Waals surface area contributed by atoms with E-state index >= 15 is 0 Å². The van der Waals surface area contributed by atoms with Gasteiger partial charge in [-0.1, -0.05) is 11.6 Å². The average molecular weight is 274 g/mol. The molecule has 0 amide bonds. The van der Waals surface area contributed by atoms with Crippen molar-refractivity contribution in [3.8, 4) is 17.0 Å². The van der Waals surface area contributed by atoms with Crippen LogP contribution < -0.4 is 4.74 Å². The van der Waals surface area contributed by atoms with Crippen molar-refractivity contribution in [3.05, 3.63) is 47.5 Å². The molecule has 5 heteroatoms. The Balaban J connectivity index is 2.26. The van der Waals surface area contributed by atoms with E-state index in [0.29, 0.717) is 5.15 Å². The smallest absolute Gasteiger partial charge is 0.141 e. The Hall–Kier alpha value is -2.07. The Bertz CT molecular complexity index is 752. The number of fused-ring (bicyclic) bond motifs is 1. The minimum Gasteiger partial charge on any atom is -0.497 e. The van der Waals surface area contributed by atoms with Crippen LogP contribution in [0.4, 0.5) is 0 Å². The molecule has 0 bridgehead atoms. The van der Waals surface area contributed by atoms with E-state index in [2.05, 4.69) is 9.97 Å². The Morgan fingerprint density at radius 3 is 2.84 bits per heavy atom. The molecule has 3 aromatic rings. The minimum absolute atomic E-state index is 0.473. The van der Waals surface area contributed by atoms with E-state index in [4.69, 9.17) is 16.3 Å². The van der Waals surface area contributed by atoms with Gasteiger partial charge >= 0.3 is 0 Å². The summed E-state index contributed by atoms with van der Waals surface area (Å²) in [7, 11) is 1.64. The second kappa shape index (κ2) is 4.55. The van der Waals surface area contributed by atoms with Crippen LogP contribution in [0.2, 0.25) is 5.15 Å². The largest absolute Gasteiger partial charge is 0.497 e. The normalized spacial score (nSPS) is 10.9. The van der Waals surface area contributed by atoms with E-state index in [9.17, 15) is 0 Å². The fourth-order valence-corrected chi connectivity index (χ4v) is 2.34. The second-order valence-corrected chi connectivity index (χ2v) is 4.60. The lowest BCUT2D eigenvalue weighted by molar-refractivity contribution is 0.414. The van der Waals surface area contributed by atoms with Crippen molar-refractivity contribution in [1.82, 2.24) is 14.4 Å². The Kier molecular flexibility index (Phi) is 2.87. The van der Waals surface area contributed by atoms with Gasteiger partial charge in [-0.3, -0.25) is 4.40 Å². The van der Waals surface area contributed by atoms with Gasteiger partial charge < -0.3 is 4.74 Å². The van der Waals surface area contributed by atoms with E-state index in [-0.39, 0.29) is 0 Å². The Labute approximate surface area is 115 Å². The van der Waals surface area contributed by atoms with Crippen LogP contribution in [0.15, 0.2) is 36.7 Å². The summed E-state index contributed by atoms with van der Waals surface area (Å²) in [6.45, 7) is 1.98. The molecule has 0 aliphatic rings. The molecule has 0 radical (unpaired) electrons. The maximum Gasteiger partial charge on any atom is 0.141 e. The maximum absolute atomic E-state index is 5.95. The standard InChI is InChI=1S/C14H12ClN3O/c1-9-14(10-3-5-16-12(15)7-10)18-6-4-11(19-2)8-13(18)17-9/h3-8H,1-2H3. The number of hydrogen-bond donors (Lipinski definition) is 0. The molecule has 0 saturated carbocycles. The third-order valence-corrected chi connectivity index (χ3v) is 3.21. The van der Waals surface area contributed by atoms with Crippen LogP contribution in [-0.2, 0) is 0 Å². The predicted molar refractivity (Wildman–Crippen MR) is 74.7 cm³/mol. The molecular weight excluding hydrogens is 262 g/mol. The molecule has 0 aliphatic carbocycles. The molecule has 0 N–H and O–H groups in total. The molecular formula is C14H12ClN3O. The molecule has 3 heterocycles. The van der Waals surface area contributed by atoms with Gasteiger partial charge in [0.1, 0.15) is 16.5 Å². The van der Waals surface area contributed by atoms with Crippen LogP contribution >= 0.6 is 11.6 Å². The summed E-state index contributed by atoms with van der Waals surface area (Å²) in [4.78, 5) is 8.55. The molecule has 0 fully saturated rings. The molecule has 3 rings (SSSR count). The summed E-state index contributed by atoms with van der Waals surface area (Å²) in [5.74, 6) is 0.789. The molecule has 3 aromatic heterocycles. The number of imidazole rings is 1. The van der Waals surface area contributed by atoms with Gasteiger partial charge in [0.05, 0.1) is 18.5 Å². The SMILES string of the molecule is COc1ccn2c(-c3ccnc(Cl)c3)c(C)nc2c1. The summed E-state index contributed by atoms with van der Waals surface area (Å²) in [5.41, 5.74) is 3.80. The third-order valence-electron chi connectivity index (χ3n) is 3.01. The first kappa shape index (κ1) is 12.0. The maximum atomic E-state index is 5.95.